The first-order valence-corrected chi connectivity index (χ1v) is 6.27. The van der Waals surface area contributed by atoms with Crippen LogP contribution >= 0.6 is 0 Å². The molecule has 2 N–H and O–H groups in total. The van der Waals surface area contributed by atoms with Gasteiger partial charge in [-0.1, -0.05) is 30.5 Å². The van der Waals surface area contributed by atoms with Crippen LogP contribution in [0.1, 0.15) is 24.8 Å². The molecule has 1 aromatic rings. The Labute approximate surface area is 111 Å². The summed E-state index contributed by atoms with van der Waals surface area (Å²) < 4.78 is 0. The standard InChI is InChI=1S/C15H15NO3/c17-14(10-9-11-5-2-1-3-6-11)16-13-8-4-7-12(13)15(18)19/h1-3,5-6,12-13H,4,7-8H2,(H,16,17)(H,18,19). The van der Waals surface area contributed by atoms with E-state index < -0.39 is 17.8 Å². The zero-order valence-electron chi connectivity index (χ0n) is 10.4. The monoisotopic (exact) mass is 257 g/mol. The summed E-state index contributed by atoms with van der Waals surface area (Å²) in [5.74, 6) is 3.50. The van der Waals surface area contributed by atoms with Crippen molar-refractivity contribution in [1.29, 1.82) is 0 Å². The zero-order chi connectivity index (χ0) is 13.7. The molecule has 0 heterocycles. The Morgan fingerprint density at radius 1 is 1.21 bits per heavy atom. The number of hydrogen-bond acceptors (Lipinski definition) is 2. The van der Waals surface area contributed by atoms with Crippen molar-refractivity contribution in [3.8, 4) is 11.8 Å². The van der Waals surface area contributed by atoms with Crippen LogP contribution in [0, 0.1) is 17.8 Å². The molecule has 19 heavy (non-hydrogen) atoms. The molecule has 4 nitrogen and oxygen atoms in total. The van der Waals surface area contributed by atoms with Gasteiger partial charge in [-0.25, -0.2) is 0 Å². The summed E-state index contributed by atoms with van der Waals surface area (Å²) in [6, 6.07) is 8.90. The fourth-order valence-electron chi connectivity index (χ4n) is 2.28. The summed E-state index contributed by atoms with van der Waals surface area (Å²) in [5, 5.41) is 11.7. The van der Waals surface area contributed by atoms with Crippen molar-refractivity contribution in [2.45, 2.75) is 25.3 Å². The third-order valence-corrected chi connectivity index (χ3v) is 3.24. The fourth-order valence-corrected chi connectivity index (χ4v) is 2.28. The normalized spacial score (nSPS) is 21.3. The Balaban J connectivity index is 1.95. The van der Waals surface area contributed by atoms with Gasteiger partial charge in [0.2, 0.25) is 0 Å². The van der Waals surface area contributed by atoms with Gasteiger partial charge in [-0.05, 0) is 25.0 Å². The molecule has 0 aromatic heterocycles. The number of carboxylic acid groups (broad SMARTS) is 1. The molecule has 0 radical (unpaired) electrons. The van der Waals surface area contributed by atoms with E-state index in [9.17, 15) is 9.59 Å². The summed E-state index contributed by atoms with van der Waals surface area (Å²) in [4.78, 5) is 22.6. The number of nitrogens with one attached hydrogen (secondary N) is 1. The smallest absolute Gasteiger partial charge is 0.308 e. The number of carbonyl (C=O) groups is 2. The molecule has 1 aromatic carbocycles. The Morgan fingerprint density at radius 2 is 1.95 bits per heavy atom. The van der Waals surface area contributed by atoms with Crippen LogP contribution in [0.25, 0.3) is 0 Å². The van der Waals surface area contributed by atoms with Crippen molar-refractivity contribution in [3.05, 3.63) is 35.9 Å². The van der Waals surface area contributed by atoms with Crippen molar-refractivity contribution in [2.75, 3.05) is 0 Å². The van der Waals surface area contributed by atoms with Crippen LogP contribution in [0.5, 0.6) is 0 Å². The van der Waals surface area contributed by atoms with Gasteiger partial charge in [0.25, 0.3) is 5.91 Å². The molecule has 1 fully saturated rings. The molecular formula is C15H15NO3. The maximum atomic E-state index is 11.7. The van der Waals surface area contributed by atoms with Crippen molar-refractivity contribution in [3.63, 3.8) is 0 Å². The summed E-state index contributed by atoms with van der Waals surface area (Å²) in [6.07, 6.45) is 2.15. The summed E-state index contributed by atoms with van der Waals surface area (Å²) in [5.41, 5.74) is 0.763. The molecule has 0 aliphatic heterocycles. The molecular weight excluding hydrogens is 242 g/mol. The highest BCUT2D eigenvalue weighted by Crippen LogP contribution is 2.25. The van der Waals surface area contributed by atoms with Crippen molar-refractivity contribution < 1.29 is 14.7 Å². The van der Waals surface area contributed by atoms with Gasteiger partial charge >= 0.3 is 5.97 Å². The summed E-state index contributed by atoms with van der Waals surface area (Å²) in [7, 11) is 0. The number of benzene rings is 1. The Kier molecular flexibility index (Phi) is 4.19. The predicted octanol–water partition coefficient (Wildman–Crippen LogP) is 1.41. The van der Waals surface area contributed by atoms with Crippen LogP contribution in [-0.4, -0.2) is 23.0 Å². The van der Waals surface area contributed by atoms with E-state index in [2.05, 4.69) is 17.2 Å². The molecule has 1 amide bonds. The lowest BCUT2D eigenvalue weighted by Crippen LogP contribution is -2.39. The first kappa shape index (κ1) is 13.2. The maximum absolute atomic E-state index is 11.7. The van der Waals surface area contributed by atoms with E-state index >= 15 is 0 Å². The van der Waals surface area contributed by atoms with Gasteiger partial charge in [0.15, 0.2) is 0 Å². The lowest BCUT2D eigenvalue weighted by molar-refractivity contribution is -0.142. The topological polar surface area (TPSA) is 66.4 Å². The number of carbonyl (C=O) groups excluding carboxylic acids is 1. The second-order valence-corrected chi connectivity index (χ2v) is 4.57. The minimum Gasteiger partial charge on any atom is -0.481 e. The molecule has 2 unspecified atom stereocenters. The number of aliphatic carboxylic acids is 1. The average molecular weight is 257 g/mol. The maximum Gasteiger partial charge on any atom is 0.308 e. The number of carboxylic acids is 1. The molecule has 2 atom stereocenters. The van der Waals surface area contributed by atoms with Gasteiger partial charge in [-0.2, -0.15) is 0 Å². The van der Waals surface area contributed by atoms with Crippen LogP contribution in [0.2, 0.25) is 0 Å². The SMILES string of the molecule is O=C(C#Cc1ccccc1)NC1CCCC1C(=O)O. The second-order valence-electron chi connectivity index (χ2n) is 4.57. The quantitative estimate of drug-likeness (QED) is 0.787. The van der Waals surface area contributed by atoms with Crippen LogP contribution in [0.3, 0.4) is 0 Å². The molecule has 1 aliphatic carbocycles. The van der Waals surface area contributed by atoms with E-state index in [-0.39, 0.29) is 6.04 Å². The van der Waals surface area contributed by atoms with Gasteiger partial charge < -0.3 is 10.4 Å². The van der Waals surface area contributed by atoms with E-state index in [4.69, 9.17) is 5.11 Å². The molecule has 0 saturated heterocycles. The van der Waals surface area contributed by atoms with Gasteiger partial charge in [0.1, 0.15) is 0 Å². The fraction of sp³-hybridized carbons (Fsp3) is 0.333. The third-order valence-electron chi connectivity index (χ3n) is 3.24. The van der Waals surface area contributed by atoms with E-state index in [1.165, 1.54) is 0 Å². The van der Waals surface area contributed by atoms with Crippen LogP contribution in [0.15, 0.2) is 30.3 Å². The van der Waals surface area contributed by atoms with Crippen LogP contribution < -0.4 is 5.32 Å². The molecule has 1 saturated carbocycles. The molecule has 0 spiro atoms. The number of amides is 1. The Bertz CT molecular complexity index is 527. The van der Waals surface area contributed by atoms with Gasteiger partial charge in [0, 0.05) is 17.5 Å². The molecule has 4 heteroatoms. The largest absolute Gasteiger partial charge is 0.481 e. The van der Waals surface area contributed by atoms with E-state index in [0.717, 1.165) is 12.0 Å². The molecule has 1 aliphatic rings. The van der Waals surface area contributed by atoms with E-state index in [1.807, 2.05) is 30.3 Å². The van der Waals surface area contributed by atoms with Crippen molar-refractivity contribution in [2.24, 2.45) is 5.92 Å². The zero-order valence-corrected chi connectivity index (χ0v) is 10.4. The highest BCUT2D eigenvalue weighted by Gasteiger charge is 2.33. The summed E-state index contributed by atoms with van der Waals surface area (Å²) in [6.45, 7) is 0. The third kappa shape index (κ3) is 3.59. The summed E-state index contributed by atoms with van der Waals surface area (Å²) >= 11 is 0. The average Bonchev–Trinajstić information content (AvgIpc) is 2.86. The van der Waals surface area contributed by atoms with Crippen molar-refractivity contribution in [1.82, 2.24) is 5.32 Å². The van der Waals surface area contributed by atoms with Gasteiger partial charge in [0.05, 0.1) is 5.92 Å². The van der Waals surface area contributed by atoms with Gasteiger partial charge in [-0.3, -0.25) is 9.59 Å². The van der Waals surface area contributed by atoms with Gasteiger partial charge in [-0.15, -0.1) is 0 Å². The second kappa shape index (κ2) is 6.05. The Hall–Kier alpha value is -2.28. The predicted molar refractivity (Wildman–Crippen MR) is 70.2 cm³/mol. The first-order valence-electron chi connectivity index (χ1n) is 6.27. The van der Waals surface area contributed by atoms with E-state index in [0.29, 0.717) is 12.8 Å². The van der Waals surface area contributed by atoms with Crippen LogP contribution in [0.4, 0.5) is 0 Å². The Morgan fingerprint density at radius 3 is 2.63 bits per heavy atom. The lowest BCUT2D eigenvalue weighted by Gasteiger charge is -2.15. The minimum absolute atomic E-state index is 0.296. The first-order chi connectivity index (χ1) is 9.16. The lowest BCUT2D eigenvalue weighted by atomic mass is 10.0. The van der Waals surface area contributed by atoms with Crippen LogP contribution in [-0.2, 0) is 9.59 Å². The highest BCUT2D eigenvalue weighted by molar-refractivity contribution is 5.94. The number of hydrogen-bond donors (Lipinski definition) is 2. The number of rotatable bonds is 2. The minimum atomic E-state index is -0.848. The van der Waals surface area contributed by atoms with E-state index in [1.54, 1.807) is 0 Å². The molecule has 98 valence electrons. The molecule has 2 rings (SSSR count). The highest BCUT2D eigenvalue weighted by atomic mass is 16.4. The van der Waals surface area contributed by atoms with Crippen molar-refractivity contribution >= 4 is 11.9 Å². The molecule has 0 bridgehead atoms.